The summed E-state index contributed by atoms with van der Waals surface area (Å²) in [5.41, 5.74) is 5.22. The molecule has 0 unspecified atom stereocenters. The average molecular weight is 622 g/mol. The number of aromatic amines is 1. The Morgan fingerprint density at radius 1 is 1.05 bits per heavy atom. The number of anilines is 1. The first-order chi connectivity index (χ1) is 20.9. The molecule has 3 amide bonds. The van der Waals surface area contributed by atoms with Gasteiger partial charge >= 0.3 is 12.1 Å². The molecule has 0 bridgehead atoms. The second kappa shape index (κ2) is 16.0. The van der Waals surface area contributed by atoms with Gasteiger partial charge in [0.25, 0.3) is 0 Å². The molecule has 11 heteroatoms. The van der Waals surface area contributed by atoms with E-state index in [1.54, 1.807) is 31.0 Å². The molecule has 0 spiro atoms. The third kappa shape index (κ3) is 9.51. The van der Waals surface area contributed by atoms with Crippen LogP contribution in [-0.2, 0) is 22.4 Å². The molecule has 43 heavy (non-hydrogen) atoms. The number of nitrogens with one attached hydrogen (secondary N) is 4. The van der Waals surface area contributed by atoms with Gasteiger partial charge < -0.3 is 25.1 Å². The van der Waals surface area contributed by atoms with Crippen molar-refractivity contribution in [3.8, 4) is 11.3 Å². The lowest BCUT2D eigenvalue weighted by Gasteiger charge is -2.18. The molecule has 0 saturated heterocycles. The van der Waals surface area contributed by atoms with Crippen molar-refractivity contribution in [1.29, 1.82) is 0 Å². The van der Waals surface area contributed by atoms with Crippen LogP contribution in [0.3, 0.4) is 0 Å². The molecule has 4 rings (SSSR count). The third-order valence-corrected chi connectivity index (χ3v) is 7.78. The molecule has 1 aromatic heterocycles. The maximum Gasteiger partial charge on any atom is 0.411 e. The van der Waals surface area contributed by atoms with Crippen LogP contribution >= 0.6 is 23.4 Å². The van der Waals surface area contributed by atoms with Gasteiger partial charge in [-0.1, -0.05) is 54.1 Å². The normalized spacial score (nSPS) is 11.5. The number of aryl methyl sites for hydroxylation is 2. The number of imidazole rings is 1. The van der Waals surface area contributed by atoms with Gasteiger partial charge in [0.1, 0.15) is 12.4 Å². The molecule has 9 nitrogen and oxygen atoms in total. The van der Waals surface area contributed by atoms with Crippen LogP contribution in [0.25, 0.3) is 11.3 Å². The number of carbonyl (C=O) groups is 2. The maximum atomic E-state index is 13.1. The van der Waals surface area contributed by atoms with E-state index < -0.39 is 6.09 Å². The first kappa shape index (κ1) is 31.9. The van der Waals surface area contributed by atoms with E-state index in [0.717, 1.165) is 33.8 Å². The van der Waals surface area contributed by atoms with Crippen molar-refractivity contribution in [2.75, 3.05) is 31.9 Å². The van der Waals surface area contributed by atoms with Crippen molar-refractivity contribution in [3.63, 3.8) is 0 Å². The van der Waals surface area contributed by atoms with E-state index in [9.17, 15) is 9.59 Å². The first-order valence-electron chi connectivity index (χ1n) is 13.9. The number of amides is 3. The van der Waals surface area contributed by atoms with Crippen LogP contribution in [0.4, 0.5) is 15.3 Å². The summed E-state index contributed by atoms with van der Waals surface area (Å²) in [6, 6.07) is 22.5. The second-order valence-electron chi connectivity index (χ2n) is 9.79. The minimum absolute atomic E-state index is 0.173. The zero-order valence-corrected chi connectivity index (χ0v) is 26.0. The van der Waals surface area contributed by atoms with Gasteiger partial charge in [0.2, 0.25) is 0 Å². The molecule has 1 atom stereocenters. The lowest BCUT2D eigenvalue weighted by Crippen LogP contribution is -2.38. The largest absolute Gasteiger partial charge is 0.447 e. The number of ether oxygens (including phenoxy) is 2. The summed E-state index contributed by atoms with van der Waals surface area (Å²) >= 11 is 7.80. The van der Waals surface area contributed by atoms with E-state index in [0.29, 0.717) is 36.1 Å². The van der Waals surface area contributed by atoms with Crippen LogP contribution < -0.4 is 16.0 Å². The van der Waals surface area contributed by atoms with Crippen molar-refractivity contribution in [1.82, 2.24) is 20.6 Å². The molecular weight excluding hydrogens is 586 g/mol. The number of hydrogen-bond acceptors (Lipinski definition) is 6. The minimum atomic E-state index is -0.548. The summed E-state index contributed by atoms with van der Waals surface area (Å²) in [5, 5.41) is 9.41. The summed E-state index contributed by atoms with van der Waals surface area (Å²) < 4.78 is 9.95. The topological polar surface area (TPSA) is 117 Å². The molecule has 0 aliphatic carbocycles. The molecule has 226 valence electrons. The first-order valence-corrected chi connectivity index (χ1v) is 15.5. The zero-order chi connectivity index (χ0) is 30.6. The predicted octanol–water partition coefficient (Wildman–Crippen LogP) is 7.13. The van der Waals surface area contributed by atoms with Gasteiger partial charge in [-0.2, -0.15) is 0 Å². The highest BCUT2D eigenvalue weighted by molar-refractivity contribution is 7.98. The van der Waals surface area contributed by atoms with Crippen molar-refractivity contribution >= 4 is 41.2 Å². The van der Waals surface area contributed by atoms with E-state index in [1.165, 1.54) is 5.56 Å². The number of nitrogens with zero attached hydrogens (tertiary/aromatic N) is 1. The fourth-order valence-corrected chi connectivity index (χ4v) is 5.31. The predicted molar refractivity (Wildman–Crippen MR) is 172 cm³/mol. The summed E-state index contributed by atoms with van der Waals surface area (Å²) in [7, 11) is 1.54. The summed E-state index contributed by atoms with van der Waals surface area (Å²) in [6.07, 6.45) is 2.84. The maximum absolute atomic E-state index is 13.1. The third-order valence-electron chi connectivity index (χ3n) is 6.71. The van der Waals surface area contributed by atoms with E-state index >= 15 is 0 Å². The Kier molecular flexibility index (Phi) is 11.9. The molecule has 3 aromatic carbocycles. The van der Waals surface area contributed by atoms with Gasteiger partial charge in [-0.15, -0.1) is 11.8 Å². The number of urea groups is 1. The molecule has 0 fully saturated rings. The Morgan fingerprint density at radius 3 is 2.53 bits per heavy atom. The minimum Gasteiger partial charge on any atom is -0.447 e. The smallest absolute Gasteiger partial charge is 0.411 e. The monoisotopic (exact) mass is 621 g/mol. The fraction of sp³-hybridized carbons (Fsp3) is 0.281. The quantitative estimate of drug-likeness (QED) is 0.0932. The lowest BCUT2D eigenvalue weighted by molar-refractivity contribution is 0.107. The van der Waals surface area contributed by atoms with Gasteiger partial charge in [-0.25, -0.2) is 14.6 Å². The highest BCUT2D eigenvalue weighted by Crippen LogP contribution is 2.27. The number of benzene rings is 3. The van der Waals surface area contributed by atoms with E-state index in [1.807, 2.05) is 61.7 Å². The molecule has 1 heterocycles. The number of aromatic nitrogens is 2. The summed E-state index contributed by atoms with van der Waals surface area (Å²) in [6.45, 7) is 2.79. The van der Waals surface area contributed by atoms with Crippen LogP contribution in [0.5, 0.6) is 0 Å². The number of halogens is 1. The highest BCUT2D eigenvalue weighted by Gasteiger charge is 2.21. The van der Waals surface area contributed by atoms with Gasteiger partial charge in [-0.05, 0) is 67.5 Å². The van der Waals surface area contributed by atoms with Crippen molar-refractivity contribution < 1.29 is 19.1 Å². The van der Waals surface area contributed by atoms with Gasteiger partial charge in [-0.3, -0.25) is 5.32 Å². The molecule has 0 saturated carbocycles. The van der Waals surface area contributed by atoms with Crippen LogP contribution in [0.2, 0.25) is 5.02 Å². The van der Waals surface area contributed by atoms with E-state index in [2.05, 4.69) is 33.1 Å². The number of rotatable bonds is 13. The number of thioether (sulfide) groups is 1. The second-order valence-corrected chi connectivity index (χ2v) is 11.1. The lowest BCUT2D eigenvalue weighted by atomic mass is 10.0. The number of methoxy groups -OCH3 is 1. The molecule has 0 aliphatic heterocycles. The molecule has 4 N–H and O–H groups in total. The Balaban J connectivity index is 1.47. The van der Waals surface area contributed by atoms with Crippen LogP contribution in [0, 0.1) is 6.92 Å². The van der Waals surface area contributed by atoms with Crippen LogP contribution in [0.15, 0.2) is 77.7 Å². The van der Waals surface area contributed by atoms with E-state index in [4.69, 9.17) is 26.1 Å². The standard InChI is InChI=1S/C32H36ClN5O4S/c1-21-29(23-10-13-26(14-11-23)36-32(40)42-18-17-41-2)38-30(35-21)27(15-9-22-7-5-4-6-8-22)37-31(39)34-20-24-19-25(33)12-16-28(24)43-3/h4-8,10-14,16,19,27H,9,15,17-18,20H2,1-3H3,(H,35,38)(H,36,40)(H2,34,37,39)/t27-/m0/s1. The van der Waals surface area contributed by atoms with Gasteiger partial charge in [0.05, 0.1) is 18.3 Å². The van der Waals surface area contributed by atoms with Crippen molar-refractivity contribution in [3.05, 3.63) is 100 Å². The van der Waals surface area contributed by atoms with Gasteiger partial charge in [0.15, 0.2) is 0 Å². The van der Waals surface area contributed by atoms with Crippen molar-refractivity contribution in [2.45, 2.75) is 37.2 Å². The van der Waals surface area contributed by atoms with Crippen LogP contribution in [-0.4, -0.2) is 48.7 Å². The SMILES string of the molecule is COCCOC(=O)Nc1ccc(-c2nc([C@H](CCc3ccccc3)NC(=O)NCc3cc(Cl)ccc3SC)[nH]c2C)cc1. The van der Waals surface area contributed by atoms with Crippen LogP contribution in [0.1, 0.15) is 35.1 Å². The fourth-order valence-electron chi connectivity index (χ4n) is 4.52. The van der Waals surface area contributed by atoms with Gasteiger partial charge in [0, 0.05) is 40.5 Å². The number of H-pyrrole nitrogens is 1. The Hall–Kier alpha value is -3.99. The summed E-state index contributed by atoms with van der Waals surface area (Å²) in [4.78, 5) is 34.4. The Morgan fingerprint density at radius 2 is 1.81 bits per heavy atom. The molecular formula is C32H36ClN5O4S. The average Bonchev–Trinajstić information content (AvgIpc) is 3.40. The summed E-state index contributed by atoms with van der Waals surface area (Å²) in [5.74, 6) is 0.662. The Labute approximate surface area is 261 Å². The highest BCUT2D eigenvalue weighted by atomic mass is 35.5. The molecule has 0 radical (unpaired) electrons. The molecule has 0 aliphatic rings. The zero-order valence-electron chi connectivity index (χ0n) is 24.4. The number of carbonyl (C=O) groups excluding carboxylic acids is 2. The van der Waals surface area contributed by atoms with E-state index in [-0.39, 0.29) is 18.7 Å². The Bertz CT molecular complexity index is 1500. The molecule has 4 aromatic rings. The van der Waals surface area contributed by atoms with Crippen molar-refractivity contribution in [2.24, 2.45) is 0 Å². The number of hydrogen-bond donors (Lipinski definition) is 4.